The van der Waals surface area contributed by atoms with Crippen molar-refractivity contribution in [2.75, 3.05) is 11.9 Å². The molecular weight excluding hydrogens is 545 g/mol. The Bertz CT molecular complexity index is 1660. The van der Waals surface area contributed by atoms with E-state index in [-0.39, 0.29) is 17.9 Å². The van der Waals surface area contributed by atoms with Crippen LogP contribution in [0.2, 0.25) is 0 Å². The normalized spacial score (nSPS) is 18.1. The molecule has 0 saturated heterocycles. The molecule has 0 fully saturated rings. The maximum atomic E-state index is 13.6. The van der Waals surface area contributed by atoms with Gasteiger partial charge in [-0.15, -0.1) is 0 Å². The van der Waals surface area contributed by atoms with Gasteiger partial charge in [0.25, 0.3) is 5.91 Å². The molecule has 4 aromatic rings. The van der Waals surface area contributed by atoms with Gasteiger partial charge in [0.15, 0.2) is 5.72 Å². The lowest BCUT2D eigenvalue weighted by Crippen LogP contribution is -2.51. The van der Waals surface area contributed by atoms with E-state index < -0.39 is 24.0 Å². The first-order chi connectivity index (χ1) is 19.3. The van der Waals surface area contributed by atoms with E-state index >= 15 is 0 Å². The van der Waals surface area contributed by atoms with Crippen LogP contribution in [0.5, 0.6) is 0 Å². The van der Waals surface area contributed by atoms with E-state index in [1.807, 2.05) is 18.2 Å². The second kappa shape index (κ2) is 9.93. The second-order valence-corrected chi connectivity index (χ2v) is 9.66. The summed E-state index contributed by atoms with van der Waals surface area (Å²) in [6.45, 7) is 0. The van der Waals surface area contributed by atoms with Gasteiger partial charge in [-0.2, -0.15) is 13.2 Å². The van der Waals surface area contributed by atoms with Crippen LogP contribution in [0.15, 0.2) is 66.7 Å². The summed E-state index contributed by atoms with van der Waals surface area (Å²) in [5, 5.41) is 28.7. The van der Waals surface area contributed by atoms with Gasteiger partial charge in [0, 0.05) is 29.8 Å². The number of hydrogen-bond acceptors (Lipinski definition) is 5. The predicted octanol–water partition coefficient (Wildman–Crippen LogP) is 4.13. The zero-order valence-electron chi connectivity index (χ0n) is 21.4. The Hall–Kier alpha value is -4.91. The van der Waals surface area contributed by atoms with Gasteiger partial charge in [-0.25, -0.2) is 14.6 Å². The lowest BCUT2D eigenvalue weighted by molar-refractivity contribution is -0.192. The molecule has 2 aliphatic rings. The third-order valence-electron chi connectivity index (χ3n) is 7.21. The number of benzene rings is 3. The molecular formula is C28H23F3N4O6. The topological polar surface area (TPSA) is 147 Å². The number of nitrogens with zero attached hydrogens (tertiary/aromatic N) is 3. The third-order valence-corrected chi connectivity index (χ3v) is 7.21. The van der Waals surface area contributed by atoms with Crippen molar-refractivity contribution in [2.24, 2.45) is 0 Å². The number of carbonyl (C=O) groups is 3. The number of alkyl halides is 3. The fraction of sp³-hybridized carbons (Fsp3) is 0.214. The number of nitrogens with one attached hydrogen (secondary N) is 1. The number of carboxylic acids is 1. The van der Waals surface area contributed by atoms with E-state index in [2.05, 4.69) is 22.1 Å². The summed E-state index contributed by atoms with van der Waals surface area (Å²) < 4.78 is 31.7. The lowest BCUT2D eigenvalue weighted by atomic mass is 9.92. The summed E-state index contributed by atoms with van der Waals surface area (Å²) in [6, 6.07) is 20.3. The fourth-order valence-electron chi connectivity index (χ4n) is 5.29. The number of hydrogen-bond donors (Lipinski definition) is 4. The van der Waals surface area contributed by atoms with Crippen molar-refractivity contribution in [1.29, 1.82) is 0 Å². The van der Waals surface area contributed by atoms with E-state index in [1.165, 1.54) is 18.2 Å². The van der Waals surface area contributed by atoms with Gasteiger partial charge in [0.1, 0.15) is 0 Å². The van der Waals surface area contributed by atoms with E-state index in [1.54, 1.807) is 41.3 Å². The molecule has 0 saturated carbocycles. The minimum absolute atomic E-state index is 0.178. The maximum absolute atomic E-state index is 13.6. The van der Waals surface area contributed by atoms with Crippen molar-refractivity contribution in [3.8, 4) is 0 Å². The summed E-state index contributed by atoms with van der Waals surface area (Å²) in [5.41, 5.74) is 3.37. The average molecular weight is 569 g/mol. The van der Waals surface area contributed by atoms with Crippen LogP contribution in [0.4, 0.5) is 23.9 Å². The number of H-pyrrole nitrogens is 1. The van der Waals surface area contributed by atoms with Crippen LogP contribution in [0, 0.1) is 0 Å². The Labute approximate surface area is 230 Å². The van der Waals surface area contributed by atoms with Crippen molar-refractivity contribution < 1.29 is 42.9 Å². The van der Waals surface area contributed by atoms with Crippen molar-refractivity contribution in [3.63, 3.8) is 0 Å². The first-order valence-corrected chi connectivity index (χ1v) is 12.3. The number of halogens is 3. The summed E-state index contributed by atoms with van der Waals surface area (Å²) in [6.07, 6.45) is -4.89. The molecule has 1 unspecified atom stereocenters. The fourth-order valence-corrected chi connectivity index (χ4v) is 5.29. The summed E-state index contributed by atoms with van der Waals surface area (Å²) in [4.78, 5) is 43.8. The van der Waals surface area contributed by atoms with Crippen molar-refractivity contribution in [2.45, 2.75) is 30.8 Å². The zero-order valence-corrected chi connectivity index (χ0v) is 21.4. The Kier molecular flexibility index (Phi) is 6.70. The van der Waals surface area contributed by atoms with Crippen LogP contribution in [-0.2, 0) is 23.4 Å². The van der Waals surface area contributed by atoms with E-state index in [4.69, 9.17) is 9.90 Å². The molecule has 2 heterocycles. The van der Waals surface area contributed by atoms with E-state index in [0.29, 0.717) is 40.6 Å². The number of aromatic nitrogens is 2. The molecule has 4 N–H and O–H groups in total. The van der Waals surface area contributed by atoms with Gasteiger partial charge in [0.05, 0.1) is 11.0 Å². The molecule has 0 spiro atoms. The average Bonchev–Trinajstić information content (AvgIpc) is 3.61. The van der Waals surface area contributed by atoms with Crippen LogP contribution >= 0.6 is 0 Å². The van der Waals surface area contributed by atoms with Crippen molar-refractivity contribution in [1.82, 2.24) is 14.9 Å². The van der Waals surface area contributed by atoms with Gasteiger partial charge in [0.2, 0.25) is 5.95 Å². The van der Waals surface area contributed by atoms with Gasteiger partial charge in [-0.05, 0) is 42.2 Å². The molecule has 0 bridgehead atoms. The Morgan fingerprint density at radius 3 is 2.20 bits per heavy atom. The third kappa shape index (κ3) is 4.73. The number of aliphatic carboxylic acids is 1. The summed E-state index contributed by atoms with van der Waals surface area (Å²) in [7, 11) is 1.40. The van der Waals surface area contributed by atoms with Gasteiger partial charge in [-0.1, -0.05) is 48.5 Å². The van der Waals surface area contributed by atoms with Crippen LogP contribution in [0.25, 0.3) is 11.0 Å². The number of carboxylic acid groups (broad SMARTS) is 2. The number of amides is 2. The Balaban J connectivity index is 0.000000431. The number of anilines is 1. The predicted molar refractivity (Wildman–Crippen MR) is 139 cm³/mol. The highest BCUT2D eigenvalue weighted by molar-refractivity contribution is 6.01. The quantitative estimate of drug-likeness (QED) is 0.291. The summed E-state index contributed by atoms with van der Waals surface area (Å²) >= 11 is 0. The molecule has 1 aliphatic heterocycles. The number of fused-ring (bicyclic) bond motifs is 3. The highest BCUT2D eigenvalue weighted by Gasteiger charge is 2.53. The first-order valence-electron chi connectivity index (χ1n) is 12.3. The molecule has 41 heavy (non-hydrogen) atoms. The van der Waals surface area contributed by atoms with Crippen LogP contribution in [0.1, 0.15) is 32.6 Å². The number of rotatable bonds is 3. The zero-order chi connectivity index (χ0) is 29.7. The molecule has 13 heteroatoms. The smallest absolute Gasteiger partial charge is 0.475 e. The largest absolute Gasteiger partial charge is 0.490 e. The molecule has 1 aliphatic carbocycles. The van der Waals surface area contributed by atoms with Crippen LogP contribution in [-0.4, -0.2) is 67.4 Å². The number of aromatic amines is 1. The number of aliphatic hydroxyl groups is 1. The molecule has 0 radical (unpaired) electrons. The monoisotopic (exact) mass is 568 g/mol. The van der Waals surface area contributed by atoms with Gasteiger partial charge in [-0.3, -0.25) is 14.6 Å². The number of imidazole rings is 1. The van der Waals surface area contributed by atoms with E-state index in [0.717, 1.165) is 4.90 Å². The minimum Gasteiger partial charge on any atom is -0.475 e. The molecule has 1 aromatic heterocycles. The molecule has 10 nitrogen and oxygen atoms in total. The highest BCUT2D eigenvalue weighted by atomic mass is 19.4. The molecule has 3 aromatic carbocycles. The van der Waals surface area contributed by atoms with Crippen LogP contribution in [0.3, 0.4) is 0 Å². The minimum atomic E-state index is -5.08. The van der Waals surface area contributed by atoms with Gasteiger partial charge >= 0.3 is 18.2 Å². The first kappa shape index (κ1) is 27.6. The van der Waals surface area contributed by atoms with Gasteiger partial charge < -0.3 is 20.3 Å². The van der Waals surface area contributed by atoms with Crippen LogP contribution < -0.4 is 4.90 Å². The molecule has 212 valence electrons. The Morgan fingerprint density at radius 2 is 1.61 bits per heavy atom. The molecule has 2 amide bonds. The SMILES string of the molecule is CN(C(=O)O)c1nc2ccc(C3(O)c4ccccc4C(=O)N3C3Cc4ccccc4C3)cc2[nH]1.O=C(O)C(F)(F)F. The maximum Gasteiger partial charge on any atom is 0.490 e. The molecule has 6 rings (SSSR count). The standard InChI is InChI=1S/C26H22N4O4.C2HF3O2/c1-29(25(32)33)24-27-21-11-10-17(14-22(21)28-24)26(34)20-9-5-4-8-19(20)23(31)30(26)18-12-15-6-2-3-7-16(15)13-18;3-2(4,5)1(6)7/h2-11,14,18,34H,12-13H2,1H3,(H,27,28)(H,32,33);(H,6,7). The Morgan fingerprint density at radius 1 is 1.02 bits per heavy atom. The lowest BCUT2D eigenvalue weighted by Gasteiger charge is -2.39. The highest BCUT2D eigenvalue weighted by Crippen LogP contribution is 2.46. The summed E-state index contributed by atoms with van der Waals surface area (Å²) in [5.74, 6) is -2.78. The van der Waals surface area contributed by atoms with E-state index in [9.17, 15) is 33.0 Å². The molecule has 1 atom stereocenters. The van der Waals surface area contributed by atoms with Crippen molar-refractivity contribution >= 4 is 35.0 Å². The number of carbonyl (C=O) groups excluding carboxylic acids is 1. The van der Waals surface area contributed by atoms with Crippen molar-refractivity contribution in [3.05, 3.63) is 94.5 Å². The second-order valence-electron chi connectivity index (χ2n) is 9.66.